The van der Waals surface area contributed by atoms with Crippen molar-refractivity contribution in [3.05, 3.63) is 46.1 Å². The van der Waals surface area contributed by atoms with Gasteiger partial charge in [0.2, 0.25) is 5.95 Å². The van der Waals surface area contributed by atoms with Crippen LogP contribution in [0.1, 0.15) is 0 Å². The maximum atomic E-state index is 11.5. The highest BCUT2D eigenvalue weighted by atomic mass is 16.2. The molecule has 0 aliphatic rings. The lowest BCUT2D eigenvalue weighted by atomic mass is 10.5. The van der Waals surface area contributed by atoms with Gasteiger partial charge >= 0.3 is 5.69 Å². The Bertz CT molecular complexity index is 683. The van der Waals surface area contributed by atoms with Gasteiger partial charge in [-0.15, -0.1) is 13.2 Å². The number of hydrogen-bond donors (Lipinski definition) is 3. The summed E-state index contributed by atoms with van der Waals surface area (Å²) in [5, 5.41) is 0. The van der Waals surface area contributed by atoms with Gasteiger partial charge in [0.1, 0.15) is 0 Å². The van der Waals surface area contributed by atoms with Crippen LogP contribution in [0.2, 0.25) is 0 Å². The second kappa shape index (κ2) is 4.74. The van der Waals surface area contributed by atoms with Gasteiger partial charge in [-0.2, -0.15) is 4.98 Å². The molecule has 0 atom stereocenters. The van der Waals surface area contributed by atoms with Crippen LogP contribution in [0.15, 0.2) is 34.9 Å². The van der Waals surface area contributed by atoms with E-state index < -0.39 is 11.2 Å². The Labute approximate surface area is 102 Å². The summed E-state index contributed by atoms with van der Waals surface area (Å²) in [4.78, 5) is 36.1. The Kier molecular flexibility index (Phi) is 3.13. The van der Waals surface area contributed by atoms with Crippen LogP contribution in [-0.4, -0.2) is 33.0 Å². The SMILES string of the molecule is C=CCN(CC=C)c1nc2[nH]c(=O)[nH]c(=O)c2[nH]1. The van der Waals surface area contributed by atoms with Gasteiger partial charge in [-0.05, 0) is 0 Å². The number of anilines is 1. The Morgan fingerprint density at radius 3 is 2.39 bits per heavy atom. The molecule has 94 valence electrons. The molecule has 0 spiro atoms. The van der Waals surface area contributed by atoms with Gasteiger partial charge in [0.15, 0.2) is 11.2 Å². The van der Waals surface area contributed by atoms with Crippen LogP contribution in [0.3, 0.4) is 0 Å². The molecule has 7 nitrogen and oxygen atoms in total. The number of H-pyrrole nitrogens is 3. The first-order valence-electron chi connectivity index (χ1n) is 5.34. The molecule has 0 radical (unpaired) electrons. The van der Waals surface area contributed by atoms with Crippen molar-refractivity contribution in [2.45, 2.75) is 0 Å². The zero-order valence-corrected chi connectivity index (χ0v) is 9.69. The molecule has 2 aromatic rings. The molecule has 18 heavy (non-hydrogen) atoms. The van der Waals surface area contributed by atoms with E-state index in [4.69, 9.17) is 0 Å². The summed E-state index contributed by atoms with van der Waals surface area (Å²) in [6.45, 7) is 8.40. The Balaban J connectivity index is 2.54. The highest BCUT2D eigenvalue weighted by Crippen LogP contribution is 2.11. The summed E-state index contributed by atoms with van der Waals surface area (Å²) in [6, 6.07) is 0. The Morgan fingerprint density at radius 1 is 1.11 bits per heavy atom. The molecule has 0 bridgehead atoms. The van der Waals surface area contributed by atoms with Crippen LogP contribution in [0.4, 0.5) is 5.95 Å². The predicted molar refractivity (Wildman–Crippen MR) is 69.9 cm³/mol. The smallest absolute Gasteiger partial charge is 0.327 e. The molecule has 2 aromatic heterocycles. The lowest BCUT2D eigenvalue weighted by molar-refractivity contribution is 0.910. The van der Waals surface area contributed by atoms with Gasteiger partial charge < -0.3 is 9.88 Å². The van der Waals surface area contributed by atoms with Crippen molar-refractivity contribution in [3.63, 3.8) is 0 Å². The Morgan fingerprint density at radius 2 is 1.78 bits per heavy atom. The van der Waals surface area contributed by atoms with E-state index in [9.17, 15) is 9.59 Å². The number of rotatable bonds is 5. The molecule has 0 amide bonds. The molecule has 0 unspecified atom stereocenters. The molecular weight excluding hydrogens is 234 g/mol. The molecule has 0 fully saturated rings. The van der Waals surface area contributed by atoms with Gasteiger partial charge in [0.05, 0.1) is 0 Å². The van der Waals surface area contributed by atoms with Crippen molar-refractivity contribution < 1.29 is 0 Å². The molecule has 0 aromatic carbocycles. The van der Waals surface area contributed by atoms with Crippen LogP contribution in [0.25, 0.3) is 11.2 Å². The first-order chi connectivity index (χ1) is 8.65. The van der Waals surface area contributed by atoms with Crippen molar-refractivity contribution in [3.8, 4) is 0 Å². The monoisotopic (exact) mass is 247 g/mol. The summed E-state index contributed by atoms with van der Waals surface area (Å²) in [5.74, 6) is 0.483. The molecule has 2 rings (SSSR count). The number of aromatic nitrogens is 4. The minimum Gasteiger partial charge on any atom is -0.335 e. The summed E-state index contributed by atoms with van der Waals surface area (Å²) in [7, 11) is 0. The number of imidazole rings is 1. The average molecular weight is 247 g/mol. The summed E-state index contributed by atoms with van der Waals surface area (Å²) in [6.07, 6.45) is 3.42. The minimum atomic E-state index is -0.579. The molecule has 0 aliphatic carbocycles. The fraction of sp³-hybridized carbons (Fsp3) is 0.182. The van der Waals surface area contributed by atoms with Gasteiger partial charge in [-0.1, -0.05) is 12.2 Å². The van der Waals surface area contributed by atoms with Crippen molar-refractivity contribution in [2.75, 3.05) is 18.0 Å². The van der Waals surface area contributed by atoms with Gasteiger partial charge in [-0.25, -0.2) is 4.79 Å². The van der Waals surface area contributed by atoms with E-state index in [-0.39, 0.29) is 11.2 Å². The Hall–Kier alpha value is -2.57. The second-order valence-electron chi connectivity index (χ2n) is 3.67. The summed E-state index contributed by atoms with van der Waals surface area (Å²) >= 11 is 0. The number of nitrogens with one attached hydrogen (secondary N) is 3. The first kappa shape index (κ1) is 11.9. The zero-order chi connectivity index (χ0) is 13.1. The highest BCUT2D eigenvalue weighted by molar-refractivity contribution is 5.72. The quantitative estimate of drug-likeness (QED) is 0.653. The average Bonchev–Trinajstić information content (AvgIpc) is 2.72. The third-order valence-electron chi connectivity index (χ3n) is 2.38. The van der Waals surface area contributed by atoms with E-state index >= 15 is 0 Å². The summed E-state index contributed by atoms with van der Waals surface area (Å²) < 4.78 is 0. The van der Waals surface area contributed by atoms with Crippen molar-refractivity contribution in [1.29, 1.82) is 0 Å². The fourth-order valence-corrected chi connectivity index (χ4v) is 1.63. The largest absolute Gasteiger partial charge is 0.335 e. The third-order valence-corrected chi connectivity index (χ3v) is 2.38. The van der Waals surface area contributed by atoms with Crippen LogP contribution < -0.4 is 16.1 Å². The molecule has 0 aliphatic heterocycles. The number of hydrogen-bond acceptors (Lipinski definition) is 4. The minimum absolute atomic E-state index is 0.233. The van der Waals surface area contributed by atoms with E-state index in [0.29, 0.717) is 19.0 Å². The van der Waals surface area contributed by atoms with Gasteiger partial charge in [0, 0.05) is 13.1 Å². The molecule has 0 saturated carbocycles. The van der Waals surface area contributed by atoms with E-state index in [2.05, 4.69) is 33.1 Å². The second-order valence-corrected chi connectivity index (χ2v) is 3.67. The molecule has 7 heteroatoms. The van der Waals surface area contributed by atoms with Crippen molar-refractivity contribution in [2.24, 2.45) is 0 Å². The standard InChI is InChI=1S/C11H13N5O2/c1-3-5-16(6-4-2)10-12-7-8(13-10)14-11(18)15-9(7)17/h3-4H,1-2,5-6H2,(H3,12,13,14,15,17,18). The molecule has 0 saturated heterocycles. The van der Waals surface area contributed by atoms with E-state index in [1.54, 1.807) is 12.2 Å². The predicted octanol–water partition coefficient (Wildman–Crippen LogP) is 0.118. The lowest BCUT2D eigenvalue weighted by Crippen LogP contribution is -2.24. The molecule has 2 heterocycles. The number of nitrogens with zero attached hydrogens (tertiary/aromatic N) is 2. The third kappa shape index (κ3) is 2.10. The molecule has 3 N–H and O–H groups in total. The van der Waals surface area contributed by atoms with Crippen molar-refractivity contribution >= 4 is 17.1 Å². The topological polar surface area (TPSA) is 97.6 Å². The maximum Gasteiger partial charge on any atom is 0.327 e. The van der Waals surface area contributed by atoms with Crippen molar-refractivity contribution in [1.82, 2.24) is 19.9 Å². The van der Waals surface area contributed by atoms with E-state index in [1.165, 1.54) is 0 Å². The van der Waals surface area contributed by atoms with Crippen LogP contribution >= 0.6 is 0 Å². The highest BCUT2D eigenvalue weighted by Gasteiger charge is 2.11. The van der Waals surface area contributed by atoms with Crippen LogP contribution in [0, 0.1) is 0 Å². The first-order valence-corrected chi connectivity index (χ1v) is 5.34. The van der Waals surface area contributed by atoms with Crippen LogP contribution in [0.5, 0.6) is 0 Å². The van der Waals surface area contributed by atoms with Gasteiger partial charge in [0.25, 0.3) is 5.56 Å². The van der Waals surface area contributed by atoms with E-state index in [1.807, 2.05) is 4.90 Å². The lowest BCUT2D eigenvalue weighted by Gasteiger charge is -2.17. The zero-order valence-electron chi connectivity index (χ0n) is 9.69. The van der Waals surface area contributed by atoms with Gasteiger partial charge in [-0.3, -0.25) is 14.8 Å². The van der Waals surface area contributed by atoms with E-state index in [0.717, 1.165) is 0 Å². The molecular formula is C11H13N5O2. The normalized spacial score (nSPS) is 10.4. The van der Waals surface area contributed by atoms with Crippen LogP contribution in [-0.2, 0) is 0 Å². The number of aromatic amines is 3. The fourth-order valence-electron chi connectivity index (χ4n) is 1.63. The maximum absolute atomic E-state index is 11.5. The number of fused-ring (bicyclic) bond motifs is 1. The summed E-state index contributed by atoms with van der Waals surface area (Å²) in [5.41, 5.74) is -0.603.